The Balaban J connectivity index is 2.66. The summed E-state index contributed by atoms with van der Waals surface area (Å²) in [5.41, 5.74) is 1.21. The Morgan fingerprint density at radius 3 is 3.00 bits per heavy atom. The van der Waals surface area contributed by atoms with E-state index in [9.17, 15) is 4.79 Å². The average Bonchev–Trinajstić information content (AvgIpc) is 2.71. The normalized spacial score (nSPS) is 10.4. The molecular weight excluding hydrogens is 226 g/mol. The van der Waals surface area contributed by atoms with Gasteiger partial charge in [0.1, 0.15) is 5.75 Å². The lowest BCUT2D eigenvalue weighted by Gasteiger charge is -2.06. The monoisotopic (exact) mass is 237 g/mol. The second kappa shape index (κ2) is 4.49. The second-order valence-electron chi connectivity index (χ2n) is 3.08. The van der Waals surface area contributed by atoms with Crippen LogP contribution in [0.1, 0.15) is 17.3 Å². The zero-order valence-corrected chi connectivity index (χ0v) is 9.84. The van der Waals surface area contributed by atoms with Crippen molar-refractivity contribution in [1.29, 1.82) is 0 Å². The minimum atomic E-state index is 0.480. The molecular formula is C11H11NO3S. The van der Waals surface area contributed by atoms with Gasteiger partial charge in [-0.05, 0) is 6.92 Å². The lowest BCUT2D eigenvalue weighted by atomic mass is 10.3. The van der Waals surface area contributed by atoms with Gasteiger partial charge in [0.2, 0.25) is 5.88 Å². The molecule has 4 nitrogen and oxygen atoms in total. The first-order valence-electron chi connectivity index (χ1n) is 4.84. The van der Waals surface area contributed by atoms with Crippen molar-refractivity contribution in [3.8, 4) is 11.6 Å². The molecule has 5 heteroatoms. The van der Waals surface area contributed by atoms with E-state index in [-0.39, 0.29) is 0 Å². The van der Waals surface area contributed by atoms with Gasteiger partial charge in [0.25, 0.3) is 0 Å². The third kappa shape index (κ3) is 1.74. The molecule has 0 atom stereocenters. The number of pyridine rings is 1. The van der Waals surface area contributed by atoms with E-state index in [1.165, 1.54) is 11.3 Å². The van der Waals surface area contributed by atoms with Crippen LogP contribution in [0.25, 0.3) is 10.2 Å². The number of thiophene rings is 1. The number of aldehydes is 1. The van der Waals surface area contributed by atoms with E-state index < -0.39 is 0 Å². The molecule has 2 heterocycles. The third-order valence-electron chi connectivity index (χ3n) is 2.13. The Hall–Kier alpha value is -1.62. The maximum atomic E-state index is 10.8. The summed E-state index contributed by atoms with van der Waals surface area (Å²) in [5, 5.41) is 1.77. The molecule has 0 saturated heterocycles. The Morgan fingerprint density at radius 2 is 2.38 bits per heavy atom. The lowest BCUT2D eigenvalue weighted by Crippen LogP contribution is -1.96. The number of hydrogen-bond acceptors (Lipinski definition) is 5. The molecule has 0 saturated carbocycles. The Bertz CT molecular complexity index is 521. The maximum absolute atomic E-state index is 10.8. The summed E-state index contributed by atoms with van der Waals surface area (Å²) in [6.07, 6.45) is 0.793. The van der Waals surface area contributed by atoms with E-state index in [0.717, 1.165) is 11.0 Å². The van der Waals surface area contributed by atoms with Crippen molar-refractivity contribution in [3.05, 3.63) is 17.0 Å². The van der Waals surface area contributed by atoms with Crippen LogP contribution in [0.3, 0.4) is 0 Å². The summed E-state index contributed by atoms with van der Waals surface area (Å²) < 4.78 is 11.4. The number of hydrogen-bond donors (Lipinski definition) is 0. The second-order valence-corrected chi connectivity index (χ2v) is 3.96. The molecule has 0 N–H and O–H groups in total. The molecule has 0 aromatic carbocycles. The van der Waals surface area contributed by atoms with E-state index in [1.54, 1.807) is 18.6 Å². The number of fused-ring (bicyclic) bond motifs is 1. The number of carbonyl (C=O) groups is 1. The molecule has 84 valence electrons. The molecule has 0 fully saturated rings. The molecule has 0 aliphatic rings. The molecule has 0 spiro atoms. The first kappa shape index (κ1) is 10.9. The number of methoxy groups -OCH3 is 1. The SMILES string of the molecule is CCOc1cc(OC)c2scc(C=O)c2n1. The zero-order valence-electron chi connectivity index (χ0n) is 9.02. The van der Waals surface area contributed by atoms with Gasteiger partial charge in [-0.15, -0.1) is 11.3 Å². The molecule has 0 aliphatic carbocycles. The number of ether oxygens (including phenoxy) is 2. The van der Waals surface area contributed by atoms with E-state index in [4.69, 9.17) is 9.47 Å². The Morgan fingerprint density at radius 1 is 1.56 bits per heavy atom. The van der Waals surface area contributed by atoms with Crippen molar-refractivity contribution in [1.82, 2.24) is 4.98 Å². The highest BCUT2D eigenvalue weighted by Crippen LogP contribution is 2.34. The van der Waals surface area contributed by atoms with Gasteiger partial charge in [-0.3, -0.25) is 4.79 Å². The van der Waals surface area contributed by atoms with Gasteiger partial charge in [0, 0.05) is 11.4 Å². The highest BCUT2D eigenvalue weighted by Gasteiger charge is 2.12. The number of carbonyl (C=O) groups excluding carboxylic acids is 1. The van der Waals surface area contributed by atoms with Crippen LogP contribution in [-0.2, 0) is 0 Å². The predicted molar refractivity (Wildman–Crippen MR) is 62.7 cm³/mol. The van der Waals surface area contributed by atoms with E-state index in [2.05, 4.69) is 4.98 Å². The fraction of sp³-hybridized carbons (Fsp3) is 0.273. The van der Waals surface area contributed by atoms with Crippen LogP contribution in [0.2, 0.25) is 0 Å². The average molecular weight is 237 g/mol. The third-order valence-corrected chi connectivity index (χ3v) is 3.13. The van der Waals surface area contributed by atoms with Gasteiger partial charge in [-0.2, -0.15) is 0 Å². The molecule has 0 radical (unpaired) electrons. The minimum Gasteiger partial charge on any atom is -0.495 e. The highest BCUT2D eigenvalue weighted by atomic mass is 32.1. The van der Waals surface area contributed by atoms with Crippen LogP contribution >= 0.6 is 11.3 Å². The summed E-state index contributed by atoms with van der Waals surface area (Å²) in [4.78, 5) is 15.1. The molecule has 2 aromatic rings. The molecule has 2 rings (SSSR count). The fourth-order valence-electron chi connectivity index (χ4n) is 1.43. The van der Waals surface area contributed by atoms with Gasteiger partial charge < -0.3 is 9.47 Å². The van der Waals surface area contributed by atoms with Gasteiger partial charge in [-0.1, -0.05) is 0 Å². The lowest BCUT2D eigenvalue weighted by molar-refractivity contribution is 0.112. The van der Waals surface area contributed by atoms with Crippen molar-refractivity contribution >= 4 is 27.8 Å². The van der Waals surface area contributed by atoms with Gasteiger partial charge in [-0.25, -0.2) is 4.98 Å². The van der Waals surface area contributed by atoms with Gasteiger partial charge in [0.15, 0.2) is 6.29 Å². The summed E-state index contributed by atoms with van der Waals surface area (Å²) in [7, 11) is 1.59. The first-order valence-corrected chi connectivity index (χ1v) is 5.72. The van der Waals surface area contributed by atoms with E-state index in [1.807, 2.05) is 6.92 Å². The standard InChI is InChI=1S/C11H11NO3S/c1-3-15-9-4-8(14-2)11-10(12-9)7(5-13)6-16-11/h4-6H,3H2,1-2H3. The molecule has 16 heavy (non-hydrogen) atoms. The summed E-state index contributed by atoms with van der Waals surface area (Å²) in [6.45, 7) is 2.41. The predicted octanol–water partition coefficient (Wildman–Crippen LogP) is 2.52. The van der Waals surface area contributed by atoms with Crippen LogP contribution in [0, 0.1) is 0 Å². The summed E-state index contributed by atoms with van der Waals surface area (Å²) in [6, 6.07) is 1.73. The van der Waals surface area contributed by atoms with Gasteiger partial charge in [0.05, 0.1) is 29.5 Å². The van der Waals surface area contributed by atoms with Crippen LogP contribution in [0.5, 0.6) is 11.6 Å². The smallest absolute Gasteiger partial charge is 0.217 e. The van der Waals surface area contributed by atoms with Crippen LogP contribution < -0.4 is 9.47 Å². The molecule has 0 bridgehead atoms. The maximum Gasteiger partial charge on any atom is 0.217 e. The van der Waals surface area contributed by atoms with E-state index >= 15 is 0 Å². The first-order chi connectivity index (χ1) is 7.80. The molecule has 0 amide bonds. The van der Waals surface area contributed by atoms with Crippen LogP contribution in [0.15, 0.2) is 11.4 Å². The van der Waals surface area contributed by atoms with Crippen LogP contribution in [-0.4, -0.2) is 25.0 Å². The summed E-state index contributed by atoms with van der Waals surface area (Å²) in [5.74, 6) is 1.17. The molecule has 0 unspecified atom stereocenters. The largest absolute Gasteiger partial charge is 0.495 e. The van der Waals surface area contributed by atoms with Crippen molar-refractivity contribution in [2.45, 2.75) is 6.92 Å². The Kier molecular flexibility index (Phi) is 3.05. The van der Waals surface area contributed by atoms with Crippen LogP contribution in [0.4, 0.5) is 0 Å². The fourth-order valence-corrected chi connectivity index (χ4v) is 2.38. The molecule has 2 aromatic heterocycles. The van der Waals surface area contributed by atoms with E-state index in [0.29, 0.717) is 29.3 Å². The number of aromatic nitrogens is 1. The molecule has 0 aliphatic heterocycles. The van der Waals surface area contributed by atoms with Crippen molar-refractivity contribution in [2.75, 3.05) is 13.7 Å². The number of rotatable bonds is 4. The topological polar surface area (TPSA) is 48.4 Å². The number of nitrogens with zero attached hydrogens (tertiary/aromatic N) is 1. The van der Waals surface area contributed by atoms with Crippen molar-refractivity contribution in [2.24, 2.45) is 0 Å². The quantitative estimate of drug-likeness (QED) is 0.767. The Labute approximate surface area is 96.8 Å². The summed E-state index contributed by atoms with van der Waals surface area (Å²) >= 11 is 1.44. The minimum absolute atomic E-state index is 0.480. The van der Waals surface area contributed by atoms with Crippen molar-refractivity contribution < 1.29 is 14.3 Å². The zero-order chi connectivity index (χ0) is 11.5. The van der Waals surface area contributed by atoms with Gasteiger partial charge >= 0.3 is 0 Å². The van der Waals surface area contributed by atoms with Crippen molar-refractivity contribution in [3.63, 3.8) is 0 Å². The highest BCUT2D eigenvalue weighted by molar-refractivity contribution is 7.17.